The maximum Gasteiger partial charge on any atom is 0.331 e. The van der Waals surface area contributed by atoms with Crippen LogP contribution in [0.5, 0.6) is 0 Å². The van der Waals surface area contributed by atoms with E-state index in [1.807, 2.05) is 59.3 Å². The first kappa shape index (κ1) is 34.2. The largest absolute Gasteiger partial charge is 0.331 e. The van der Waals surface area contributed by atoms with Crippen LogP contribution in [0.4, 0.5) is 0 Å². The third-order valence-electron chi connectivity index (χ3n) is 7.39. The van der Waals surface area contributed by atoms with E-state index in [4.69, 9.17) is 9.68 Å². The minimum Gasteiger partial charge on any atom is -0.318 e. The van der Waals surface area contributed by atoms with Gasteiger partial charge in [0.25, 0.3) is 0 Å². The van der Waals surface area contributed by atoms with E-state index in [0.29, 0.717) is 30.4 Å². The Labute approximate surface area is 272 Å². The fraction of sp³-hybridized carbons (Fsp3) is 0.333. The number of carbonyl (C=O) groups is 4. The van der Waals surface area contributed by atoms with Crippen molar-refractivity contribution in [2.75, 3.05) is 0 Å². The number of rotatable bonds is 16. The Bertz CT molecular complexity index is 1750. The smallest absolute Gasteiger partial charge is 0.318 e. The third-order valence-corrected chi connectivity index (χ3v) is 8.31. The van der Waals surface area contributed by atoms with Gasteiger partial charge >= 0.3 is 11.9 Å². The summed E-state index contributed by atoms with van der Waals surface area (Å²) in [4.78, 5) is 61.0. The average molecular weight is 642 g/mol. The number of nitrogens with zero attached hydrogens (tertiary/aromatic N) is 3. The number of fused-ring (bicyclic) bond motifs is 1. The Hall–Kier alpha value is -4.70. The molecule has 46 heavy (non-hydrogen) atoms. The predicted molar refractivity (Wildman–Crippen MR) is 182 cm³/mol. The lowest BCUT2D eigenvalue weighted by Crippen LogP contribution is -2.16. The maximum absolute atomic E-state index is 13.9. The molecular weight excluding hydrogens is 602 g/mol. The molecular formula is C36H39N3O6S. The lowest BCUT2D eigenvalue weighted by molar-refractivity contribution is -0.141. The number of unbranched alkanes of at least 4 members (excludes halogenated alkanes) is 4. The van der Waals surface area contributed by atoms with Crippen LogP contribution >= 0.6 is 11.3 Å². The number of benzene rings is 2. The second-order valence-corrected chi connectivity index (χ2v) is 11.9. The van der Waals surface area contributed by atoms with Crippen LogP contribution in [-0.4, -0.2) is 39.5 Å². The fourth-order valence-electron chi connectivity index (χ4n) is 5.02. The van der Waals surface area contributed by atoms with E-state index in [9.17, 15) is 19.2 Å². The minimum atomic E-state index is -0.596. The normalized spacial score (nSPS) is 11.9. The molecule has 240 valence electrons. The first-order chi connectivity index (χ1) is 22.2. The number of aromatic nitrogens is 1. The second-order valence-electron chi connectivity index (χ2n) is 11.0. The highest BCUT2D eigenvalue weighted by atomic mass is 32.1. The van der Waals surface area contributed by atoms with Crippen molar-refractivity contribution in [2.45, 2.75) is 79.1 Å². The van der Waals surface area contributed by atoms with E-state index in [2.05, 4.69) is 17.2 Å². The zero-order valence-corrected chi connectivity index (χ0v) is 27.5. The molecule has 0 spiro atoms. The summed E-state index contributed by atoms with van der Waals surface area (Å²) in [7, 11) is 0. The van der Waals surface area contributed by atoms with E-state index in [1.54, 1.807) is 29.7 Å². The van der Waals surface area contributed by atoms with Gasteiger partial charge in [0.15, 0.2) is 0 Å². The van der Waals surface area contributed by atoms with E-state index in [0.717, 1.165) is 59.1 Å². The van der Waals surface area contributed by atoms with Crippen LogP contribution in [0.25, 0.3) is 27.0 Å². The quantitative estimate of drug-likeness (QED) is 0.0397. The van der Waals surface area contributed by atoms with Gasteiger partial charge in [-0.3, -0.25) is 9.59 Å². The summed E-state index contributed by atoms with van der Waals surface area (Å²) in [5, 5.41) is 10.5. The van der Waals surface area contributed by atoms with Crippen molar-refractivity contribution in [1.29, 1.82) is 0 Å². The number of hydrogen-bond donors (Lipinski definition) is 0. The molecule has 0 amide bonds. The zero-order valence-electron chi connectivity index (χ0n) is 26.7. The summed E-state index contributed by atoms with van der Waals surface area (Å²) in [6, 6.07) is 17.0. The van der Waals surface area contributed by atoms with Gasteiger partial charge in [-0.15, -0.1) is 11.3 Å². The summed E-state index contributed by atoms with van der Waals surface area (Å²) in [5.41, 5.74) is 3.75. The molecule has 0 radical (unpaired) electrons. The van der Waals surface area contributed by atoms with Gasteiger partial charge in [-0.05, 0) is 73.0 Å². The fourth-order valence-corrected chi connectivity index (χ4v) is 5.74. The van der Waals surface area contributed by atoms with Crippen molar-refractivity contribution < 1.29 is 28.9 Å². The van der Waals surface area contributed by atoms with Gasteiger partial charge in [0.2, 0.25) is 11.6 Å². The van der Waals surface area contributed by atoms with Crippen molar-refractivity contribution in [2.24, 2.45) is 10.3 Å². The highest BCUT2D eigenvalue weighted by Crippen LogP contribution is 2.32. The minimum absolute atomic E-state index is 0.179. The van der Waals surface area contributed by atoms with Gasteiger partial charge in [0, 0.05) is 47.1 Å². The van der Waals surface area contributed by atoms with Crippen LogP contribution in [0.1, 0.15) is 99.8 Å². The molecule has 2 aromatic carbocycles. The summed E-state index contributed by atoms with van der Waals surface area (Å²) in [6.07, 6.45) is 7.90. The molecule has 0 saturated carbocycles. The number of thiophene rings is 1. The molecule has 0 bridgehead atoms. The molecule has 2 aromatic heterocycles. The standard InChI is InChI=1S/C36H39N3O6S/c1-5-7-9-10-13-31(37-44-24(3)40)35(42)26-15-18-28(19-16-26)39-23-30(36(43)32(12-8-6-2)38-45-25(4)41)29-20-17-27(22-33(29)39)34-14-11-21-46-34/h11,14-23H,5-10,12-13H2,1-4H3/b37-31+,38-32+. The second kappa shape index (κ2) is 16.6. The number of Topliss-reactive ketones (excluding diaryl/α,β-unsaturated/α-hetero) is 2. The van der Waals surface area contributed by atoms with Crippen LogP contribution in [0.2, 0.25) is 0 Å². The number of carbonyl (C=O) groups excluding carboxylic acids is 4. The van der Waals surface area contributed by atoms with Crippen LogP contribution in [-0.2, 0) is 19.3 Å². The lowest BCUT2D eigenvalue weighted by Gasteiger charge is -2.09. The Balaban J connectivity index is 1.75. The van der Waals surface area contributed by atoms with Gasteiger partial charge in [-0.2, -0.15) is 0 Å². The van der Waals surface area contributed by atoms with Gasteiger partial charge < -0.3 is 14.2 Å². The molecule has 0 aliphatic heterocycles. The molecule has 10 heteroatoms. The molecule has 0 atom stereocenters. The van der Waals surface area contributed by atoms with Crippen LogP contribution in [0, 0.1) is 0 Å². The van der Waals surface area contributed by atoms with Crippen molar-refractivity contribution >= 4 is 57.2 Å². The maximum atomic E-state index is 13.9. The Kier molecular flexibility index (Phi) is 12.3. The lowest BCUT2D eigenvalue weighted by atomic mass is 10.0. The molecule has 9 nitrogen and oxygen atoms in total. The number of ketones is 2. The van der Waals surface area contributed by atoms with E-state index >= 15 is 0 Å². The van der Waals surface area contributed by atoms with Crippen LogP contribution in [0.3, 0.4) is 0 Å². The predicted octanol–water partition coefficient (Wildman–Crippen LogP) is 8.72. The molecule has 2 heterocycles. The van der Waals surface area contributed by atoms with Crippen LogP contribution < -0.4 is 0 Å². The van der Waals surface area contributed by atoms with Crippen molar-refractivity contribution in [3.63, 3.8) is 0 Å². The molecule has 4 aromatic rings. The van der Waals surface area contributed by atoms with Crippen LogP contribution in [0.15, 0.2) is 76.5 Å². The van der Waals surface area contributed by atoms with Gasteiger partial charge in [0.05, 0.1) is 5.52 Å². The number of hydrogen-bond acceptors (Lipinski definition) is 9. The first-order valence-corrected chi connectivity index (χ1v) is 16.5. The number of oxime groups is 2. The molecule has 0 unspecified atom stereocenters. The van der Waals surface area contributed by atoms with Gasteiger partial charge in [0.1, 0.15) is 11.4 Å². The summed E-state index contributed by atoms with van der Waals surface area (Å²) in [5.74, 6) is -1.80. The first-order valence-electron chi connectivity index (χ1n) is 15.6. The van der Waals surface area contributed by atoms with Crippen molar-refractivity contribution in [3.05, 3.63) is 77.3 Å². The zero-order chi connectivity index (χ0) is 33.1. The third kappa shape index (κ3) is 8.72. The van der Waals surface area contributed by atoms with Crippen molar-refractivity contribution in [1.82, 2.24) is 4.57 Å². The van der Waals surface area contributed by atoms with Gasteiger partial charge in [-0.1, -0.05) is 68.0 Å². The highest BCUT2D eigenvalue weighted by Gasteiger charge is 2.23. The van der Waals surface area contributed by atoms with E-state index in [1.165, 1.54) is 13.8 Å². The molecule has 0 aliphatic rings. The van der Waals surface area contributed by atoms with E-state index < -0.39 is 11.9 Å². The van der Waals surface area contributed by atoms with Gasteiger partial charge in [-0.25, -0.2) is 9.59 Å². The molecule has 0 aliphatic carbocycles. The molecule has 0 saturated heterocycles. The topological polar surface area (TPSA) is 116 Å². The Morgan fingerprint density at radius 2 is 1.41 bits per heavy atom. The summed E-state index contributed by atoms with van der Waals surface area (Å²) >= 11 is 1.62. The monoisotopic (exact) mass is 641 g/mol. The summed E-state index contributed by atoms with van der Waals surface area (Å²) < 4.78 is 1.91. The SMILES string of the molecule is CCCCCC/C(=N\OC(C)=O)C(=O)c1ccc(-n2cc(C(=O)/C(CCCC)=N/OC(C)=O)c3ccc(-c4cccs4)cc32)cc1. The Morgan fingerprint density at radius 3 is 2.02 bits per heavy atom. The summed E-state index contributed by atoms with van der Waals surface area (Å²) in [6.45, 7) is 6.61. The molecule has 0 fully saturated rings. The molecule has 4 rings (SSSR count). The van der Waals surface area contributed by atoms with E-state index in [-0.39, 0.29) is 23.0 Å². The average Bonchev–Trinajstić information content (AvgIpc) is 3.72. The Morgan fingerprint density at radius 1 is 0.761 bits per heavy atom. The highest BCUT2D eigenvalue weighted by molar-refractivity contribution is 7.13. The molecule has 0 N–H and O–H groups in total. The van der Waals surface area contributed by atoms with Crippen molar-refractivity contribution in [3.8, 4) is 16.1 Å².